The van der Waals surface area contributed by atoms with Crippen LogP contribution in [0.2, 0.25) is 0 Å². The number of nitrogens with zero attached hydrogens (tertiary/aromatic N) is 1. The Bertz CT molecular complexity index is 1440. The second kappa shape index (κ2) is 8.25. The molecule has 0 radical (unpaired) electrons. The summed E-state index contributed by atoms with van der Waals surface area (Å²) >= 11 is 3.68. The lowest BCUT2D eigenvalue weighted by Crippen LogP contribution is -2.60. The Balaban J connectivity index is 1.25. The lowest BCUT2D eigenvalue weighted by Gasteiger charge is -2.51. The van der Waals surface area contributed by atoms with Crippen molar-refractivity contribution in [2.24, 2.45) is 0 Å². The molecule has 2 aliphatic heterocycles. The van der Waals surface area contributed by atoms with E-state index in [0.29, 0.717) is 5.92 Å². The standard InChI is InChI=1S/C31H27BrN2O/c32-26-12-13-30-27(19-26)29-20-28(25-11-10-22-8-4-5-9-24(22)18-25)33-34(29)31(35-30)16-14-23(15-17-31)21-6-2-1-3-7-21/h1-13,18-20,23,29,33H,14-17H2. The van der Waals surface area contributed by atoms with Crippen molar-refractivity contribution >= 4 is 32.4 Å². The molecule has 1 N–H and O–H groups in total. The van der Waals surface area contributed by atoms with Crippen LogP contribution in [0.5, 0.6) is 5.75 Å². The van der Waals surface area contributed by atoms with E-state index in [0.717, 1.165) is 41.6 Å². The second-order valence-electron chi connectivity index (χ2n) is 9.98. The minimum absolute atomic E-state index is 0.131. The average Bonchev–Trinajstić information content (AvgIpc) is 3.37. The van der Waals surface area contributed by atoms with Gasteiger partial charge in [-0.05, 0) is 71.0 Å². The molecule has 1 spiro atoms. The Hall–Kier alpha value is -3.08. The quantitative estimate of drug-likeness (QED) is 0.289. The molecule has 1 atom stereocenters. The van der Waals surface area contributed by atoms with E-state index < -0.39 is 0 Å². The number of benzene rings is 4. The van der Waals surface area contributed by atoms with Crippen LogP contribution in [0, 0.1) is 0 Å². The summed E-state index contributed by atoms with van der Waals surface area (Å²) in [5.74, 6) is 1.59. The summed E-state index contributed by atoms with van der Waals surface area (Å²) in [6, 6.07) is 32.8. The van der Waals surface area contributed by atoms with Crippen LogP contribution in [0.4, 0.5) is 0 Å². The molecule has 2 heterocycles. The molecule has 7 rings (SSSR count). The maximum Gasteiger partial charge on any atom is 0.180 e. The molecule has 1 fully saturated rings. The van der Waals surface area contributed by atoms with Crippen molar-refractivity contribution in [3.63, 3.8) is 0 Å². The van der Waals surface area contributed by atoms with E-state index in [9.17, 15) is 0 Å². The molecule has 174 valence electrons. The predicted molar refractivity (Wildman–Crippen MR) is 145 cm³/mol. The molecule has 3 aliphatic rings. The fraction of sp³-hybridized carbons (Fsp3) is 0.226. The molecule has 4 aromatic carbocycles. The Kier molecular flexibility index (Phi) is 5.00. The molecular formula is C31H27BrN2O. The van der Waals surface area contributed by atoms with Gasteiger partial charge in [0.1, 0.15) is 5.75 Å². The Morgan fingerprint density at radius 1 is 0.829 bits per heavy atom. The number of nitrogens with one attached hydrogen (secondary N) is 1. The third kappa shape index (κ3) is 3.59. The number of hydrogen-bond donors (Lipinski definition) is 1. The molecule has 4 heteroatoms. The van der Waals surface area contributed by atoms with E-state index in [1.54, 1.807) is 0 Å². The summed E-state index contributed by atoms with van der Waals surface area (Å²) in [7, 11) is 0. The molecule has 3 nitrogen and oxygen atoms in total. The highest BCUT2D eigenvalue weighted by atomic mass is 79.9. The maximum absolute atomic E-state index is 6.88. The van der Waals surface area contributed by atoms with Gasteiger partial charge < -0.3 is 10.2 Å². The van der Waals surface area contributed by atoms with Crippen LogP contribution in [0.15, 0.2) is 102 Å². The van der Waals surface area contributed by atoms with Crippen LogP contribution in [0.1, 0.15) is 54.3 Å². The fourth-order valence-electron chi connectivity index (χ4n) is 6.14. The highest BCUT2D eigenvalue weighted by Gasteiger charge is 2.51. The minimum atomic E-state index is -0.355. The van der Waals surface area contributed by atoms with Crippen molar-refractivity contribution in [2.45, 2.75) is 43.4 Å². The smallest absolute Gasteiger partial charge is 0.180 e. The maximum atomic E-state index is 6.88. The first-order valence-electron chi connectivity index (χ1n) is 12.5. The van der Waals surface area contributed by atoms with Crippen molar-refractivity contribution in [1.29, 1.82) is 0 Å². The van der Waals surface area contributed by atoms with Crippen LogP contribution in [-0.2, 0) is 0 Å². The first-order chi connectivity index (χ1) is 17.2. The molecule has 0 aromatic heterocycles. The van der Waals surface area contributed by atoms with Crippen molar-refractivity contribution < 1.29 is 4.74 Å². The first kappa shape index (κ1) is 21.2. The number of fused-ring (bicyclic) bond motifs is 5. The van der Waals surface area contributed by atoms with Gasteiger partial charge in [0.2, 0.25) is 0 Å². The molecule has 1 unspecified atom stereocenters. The van der Waals surface area contributed by atoms with Gasteiger partial charge in [0.05, 0.1) is 11.7 Å². The monoisotopic (exact) mass is 522 g/mol. The molecule has 0 saturated heterocycles. The molecular weight excluding hydrogens is 496 g/mol. The van der Waals surface area contributed by atoms with E-state index in [4.69, 9.17) is 4.74 Å². The summed E-state index contributed by atoms with van der Waals surface area (Å²) < 4.78 is 7.96. The van der Waals surface area contributed by atoms with Gasteiger partial charge in [-0.15, -0.1) is 0 Å². The molecule has 35 heavy (non-hydrogen) atoms. The molecule has 1 aliphatic carbocycles. The fourth-order valence-corrected chi connectivity index (χ4v) is 6.52. The van der Waals surface area contributed by atoms with Gasteiger partial charge >= 0.3 is 0 Å². The number of rotatable bonds is 2. The van der Waals surface area contributed by atoms with Gasteiger partial charge in [-0.25, -0.2) is 0 Å². The van der Waals surface area contributed by atoms with E-state index in [1.807, 2.05) is 0 Å². The Morgan fingerprint density at radius 2 is 1.60 bits per heavy atom. The zero-order valence-electron chi connectivity index (χ0n) is 19.5. The van der Waals surface area contributed by atoms with Crippen LogP contribution >= 0.6 is 15.9 Å². The number of ether oxygens (including phenoxy) is 1. The first-order valence-corrected chi connectivity index (χ1v) is 13.3. The minimum Gasteiger partial charge on any atom is -0.471 e. The van der Waals surface area contributed by atoms with E-state index >= 15 is 0 Å². The van der Waals surface area contributed by atoms with Crippen molar-refractivity contribution in [1.82, 2.24) is 10.4 Å². The molecule has 4 aromatic rings. The van der Waals surface area contributed by atoms with E-state index in [-0.39, 0.29) is 11.8 Å². The van der Waals surface area contributed by atoms with Gasteiger partial charge in [0, 0.05) is 22.9 Å². The third-order valence-electron chi connectivity index (χ3n) is 7.97. The summed E-state index contributed by atoms with van der Waals surface area (Å²) in [5, 5.41) is 4.92. The SMILES string of the molecule is Brc1ccc2c(c1)C1C=C(c3ccc4ccccc4c3)NN1C1(CCC(c3ccccc3)CC1)O2. The summed E-state index contributed by atoms with van der Waals surface area (Å²) in [6.45, 7) is 0. The molecule has 0 bridgehead atoms. The Morgan fingerprint density at radius 3 is 2.43 bits per heavy atom. The van der Waals surface area contributed by atoms with E-state index in [2.05, 4.69) is 123 Å². The lowest BCUT2D eigenvalue weighted by atomic mass is 9.78. The van der Waals surface area contributed by atoms with E-state index in [1.165, 1.54) is 27.5 Å². The van der Waals surface area contributed by atoms with Crippen LogP contribution < -0.4 is 10.2 Å². The van der Waals surface area contributed by atoms with Crippen molar-refractivity contribution in [2.75, 3.05) is 0 Å². The number of halogens is 1. The zero-order valence-corrected chi connectivity index (χ0v) is 21.0. The van der Waals surface area contributed by atoms with Gasteiger partial charge in [0.15, 0.2) is 5.72 Å². The topological polar surface area (TPSA) is 24.5 Å². The normalized spacial score (nSPS) is 25.5. The van der Waals surface area contributed by atoms with Gasteiger partial charge in [-0.2, -0.15) is 5.01 Å². The average molecular weight is 523 g/mol. The van der Waals surface area contributed by atoms with Crippen LogP contribution in [0.3, 0.4) is 0 Å². The van der Waals surface area contributed by atoms with Crippen LogP contribution in [-0.4, -0.2) is 10.7 Å². The van der Waals surface area contributed by atoms with Gasteiger partial charge in [-0.1, -0.05) is 82.7 Å². The molecule has 0 amide bonds. The van der Waals surface area contributed by atoms with Crippen molar-refractivity contribution in [3.05, 3.63) is 118 Å². The lowest BCUT2D eigenvalue weighted by molar-refractivity contribution is -0.152. The third-order valence-corrected chi connectivity index (χ3v) is 8.46. The largest absolute Gasteiger partial charge is 0.471 e. The summed E-state index contributed by atoms with van der Waals surface area (Å²) in [6.07, 6.45) is 6.59. The summed E-state index contributed by atoms with van der Waals surface area (Å²) in [5.41, 5.74) is 8.47. The highest BCUT2D eigenvalue weighted by Crippen LogP contribution is 2.52. The van der Waals surface area contributed by atoms with Crippen molar-refractivity contribution in [3.8, 4) is 5.75 Å². The number of hydrazine groups is 1. The summed E-state index contributed by atoms with van der Waals surface area (Å²) in [4.78, 5) is 0. The highest BCUT2D eigenvalue weighted by molar-refractivity contribution is 9.10. The van der Waals surface area contributed by atoms with Crippen LogP contribution in [0.25, 0.3) is 16.5 Å². The number of hydrogen-bond acceptors (Lipinski definition) is 3. The zero-order chi connectivity index (χ0) is 23.4. The Labute approximate surface area is 214 Å². The predicted octanol–water partition coefficient (Wildman–Crippen LogP) is 7.95. The second-order valence-corrected chi connectivity index (χ2v) is 10.9. The molecule has 1 saturated carbocycles. The van der Waals surface area contributed by atoms with Gasteiger partial charge in [0.25, 0.3) is 0 Å². The van der Waals surface area contributed by atoms with Gasteiger partial charge in [-0.3, -0.25) is 0 Å².